The van der Waals surface area contributed by atoms with Gasteiger partial charge in [-0.1, -0.05) is 53.6 Å². The maximum atomic E-state index is 5.97. The first-order valence-corrected chi connectivity index (χ1v) is 7.49. The first-order valence-electron chi connectivity index (χ1n) is 6.24. The van der Waals surface area contributed by atoms with E-state index in [0.717, 1.165) is 6.42 Å². The van der Waals surface area contributed by atoms with E-state index < -0.39 is 0 Å². The van der Waals surface area contributed by atoms with Crippen LogP contribution in [0.15, 0.2) is 12.3 Å². The van der Waals surface area contributed by atoms with E-state index >= 15 is 0 Å². The molecule has 1 aromatic rings. The minimum Gasteiger partial charge on any atom is -0.460 e. The molecule has 0 aliphatic heterocycles. The largest absolute Gasteiger partial charge is 0.460 e. The molecule has 1 atom stereocenters. The summed E-state index contributed by atoms with van der Waals surface area (Å²) in [7, 11) is 1.93. The number of hydrogen-bond donors (Lipinski definition) is 1. The van der Waals surface area contributed by atoms with Crippen molar-refractivity contribution >= 4 is 41.6 Å². The van der Waals surface area contributed by atoms with Crippen molar-refractivity contribution in [3.8, 4) is 0 Å². The molecule has 19 heavy (non-hydrogen) atoms. The molecule has 2 nitrogen and oxygen atoms in total. The van der Waals surface area contributed by atoms with Crippen molar-refractivity contribution in [2.45, 2.75) is 43.6 Å². The van der Waals surface area contributed by atoms with Gasteiger partial charge in [0.25, 0.3) is 0 Å². The number of alkyl halides is 1. The molecule has 5 heteroatoms. The molecule has 1 unspecified atom stereocenters. The summed E-state index contributed by atoms with van der Waals surface area (Å²) in [6, 6.07) is 2.12. The Bertz CT molecular complexity index is 538. The van der Waals surface area contributed by atoms with Gasteiger partial charge in [0.2, 0.25) is 0 Å². The van der Waals surface area contributed by atoms with E-state index in [0.29, 0.717) is 3.92 Å². The molecule has 0 spiro atoms. The molecule has 1 N–H and O–H groups in total. The van der Waals surface area contributed by atoms with Crippen molar-refractivity contribution in [2.24, 2.45) is 0 Å². The zero-order valence-corrected chi connectivity index (χ0v) is 18.2. The number of nitrogens with one attached hydrogen (secondary N) is 1. The van der Waals surface area contributed by atoms with Gasteiger partial charge in [0.15, 0.2) is 0 Å². The number of H-pyrrole nitrogens is 1. The molecule has 101 valence electrons. The summed E-state index contributed by atoms with van der Waals surface area (Å²) in [6.45, 7) is 8.42. The van der Waals surface area contributed by atoms with E-state index in [4.69, 9.17) is 4.65 Å². The Kier molecular flexibility index (Phi) is 6.77. The summed E-state index contributed by atoms with van der Waals surface area (Å²) in [5.74, 6) is 1.28. The maximum Gasteiger partial charge on any atom is 0.325 e. The van der Waals surface area contributed by atoms with Gasteiger partial charge in [-0.05, 0) is 17.7 Å². The van der Waals surface area contributed by atoms with Crippen LogP contribution in [0.1, 0.15) is 34.1 Å². The minimum atomic E-state index is -0.207. The van der Waals surface area contributed by atoms with E-state index in [1.165, 1.54) is 22.0 Å². The summed E-state index contributed by atoms with van der Waals surface area (Å²) in [6.07, 6.45) is 5.31. The molecule has 0 saturated carbocycles. The quantitative estimate of drug-likeness (QED) is 0.247. The summed E-state index contributed by atoms with van der Waals surface area (Å²) >= 11 is 2.47. The van der Waals surface area contributed by atoms with Gasteiger partial charge in [0, 0.05) is 46.6 Å². The number of halogens is 1. The Balaban J connectivity index is 0.00000180. The second kappa shape index (κ2) is 7.20. The molecule has 0 aromatic carbocycles. The third-order valence-corrected chi connectivity index (χ3v) is 4.38. The van der Waals surface area contributed by atoms with Gasteiger partial charge >= 0.3 is 7.48 Å². The average Bonchev–Trinajstić information content (AvgIpc) is 2.73. The van der Waals surface area contributed by atoms with Crippen LogP contribution in [0.5, 0.6) is 0 Å². The Hall–Kier alpha value is 0.827. The average molecular weight is 593 g/mol. The second-order valence-electron chi connectivity index (χ2n) is 5.47. The maximum absolute atomic E-state index is 5.97. The van der Waals surface area contributed by atoms with Crippen molar-refractivity contribution < 1.29 is 35.8 Å². The number of hydrogen-bond acceptors (Lipinski definition) is 1. The van der Waals surface area contributed by atoms with Crippen LogP contribution in [0.2, 0.25) is 0 Å². The van der Waals surface area contributed by atoms with Crippen molar-refractivity contribution in [3.05, 3.63) is 28.7 Å². The molecule has 0 fully saturated rings. The van der Waals surface area contributed by atoms with Gasteiger partial charge in [0.05, 0.1) is 0 Å². The zero-order chi connectivity index (χ0) is 13.3. The molecule has 1 radical (unpaired) electrons. The predicted octanol–water partition coefficient (Wildman–Crippen LogP) is 2.14. The molecule has 1 aliphatic rings. The Morgan fingerprint density at radius 3 is 2.79 bits per heavy atom. The van der Waals surface area contributed by atoms with Gasteiger partial charge in [-0.15, -0.1) is 0 Å². The zero-order valence-electron chi connectivity index (χ0n) is 11.9. The molecule has 0 saturated heterocycles. The van der Waals surface area contributed by atoms with Crippen LogP contribution in [-0.2, 0) is 4.65 Å². The van der Waals surface area contributed by atoms with Crippen LogP contribution in [0.3, 0.4) is 0 Å². The fraction of sp³-hybridized carbons (Fsp3) is 0.500. The number of aromatic amines is 1. The van der Waals surface area contributed by atoms with Crippen LogP contribution in [0.25, 0.3) is 11.5 Å². The minimum absolute atomic E-state index is 0. The van der Waals surface area contributed by atoms with Gasteiger partial charge in [-0.3, -0.25) is 5.92 Å². The summed E-state index contributed by atoms with van der Waals surface area (Å²) in [5, 5.41) is 2.48. The van der Waals surface area contributed by atoms with E-state index in [1.807, 2.05) is 13.7 Å². The summed E-state index contributed by atoms with van der Waals surface area (Å²) in [4.78, 5) is 3.30. The van der Waals surface area contributed by atoms with Gasteiger partial charge < -0.3 is 9.64 Å². The fourth-order valence-electron chi connectivity index (χ4n) is 1.81. The molecular weight excluding hydrogens is 574 g/mol. The SMILES string of the molecule is C[C-](C)C(C)(C)O[B]C1=c2[nH]ccc2=CC(I)C1.[U]. The molecule has 0 amide bonds. The molecule has 2 rings (SSSR count). The number of aromatic nitrogens is 1. The molecular formula is C14H19BINOU-. The number of rotatable bonds is 4. The number of fused-ring (bicyclic) bond motifs is 1. The molecule has 0 bridgehead atoms. The van der Waals surface area contributed by atoms with Crippen molar-refractivity contribution in [1.29, 1.82) is 0 Å². The first kappa shape index (κ1) is 17.9. The Morgan fingerprint density at radius 1 is 1.47 bits per heavy atom. The van der Waals surface area contributed by atoms with Crippen LogP contribution in [-0.4, -0.2) is 22.0 Å². The normalized spacial score (nSPS) is 18.6. The first-order chi connectivity index (χ1) is 8.40. The predicted molar refractivity (Wildman–Crippen MR) is 85.8 cm³/mol. The van der Waals surface area contributed by atoms with Crippen LogP contribution >= 0.6 is 22.6 Å². The van der Waals surface area contributed by atoms with Gasteiger partial charge in [-0.25, -0.2) is 0 Å². The summed E-state index contributed by atoms with van der Waals surface area (Å²) < 4.78 is 6.51. The smallest absolute Gasteiger partial charge is 0.325 e. The fourth-order valence-corrected chi connectivity index (χ4v) is 2.67. The molecule has 1 heterocycles. The van der Waals surface area contributed by atoms with Crippen LogP contribution < -0.4 is 10.6 Å². The third-order valence-electron chi connectivity index (χ3n) is 3.58. The summed E-state index contributed by atoms with van der Waals surface area (Å²) in [5.41, 5.74) is 1.05. The van der Waals surface area contributed by atoms with E-state index in [1.54, 1.807) is 0 Å². The van der Waals surface area contributed by atoms with E-state index in [2.05, 4.69) is 67.4 Å². The Morgan fingerprint density at radius 2 is 2.16 bits per heavy atom. The monoisotopic (exact) mass is 593 g/mol. The van der Waals surface area contributed by atoms with Crippen molar-refractivity contribution in [1.82, 2.24) is 4.98 Å². The topological polar surface area (TPSA) is 25.0 Å². The van der Waals surface area contributed by atoms with Crippen molar-refractivity contribution in [3.63, 3.8) is 0 Å². The van der Waals surface area contributed by atoms with Crippen LogP contribution in [0, 0.1) is 37.0 Å². The Labute approximate surface area is 153 Å². The molecule has 1 aliphatic carbocycles. The van der Waals surface area contributed by atoms with E-state index in [-0.39, 0.29) is 36.7 Å². The van der Waals surface area contributed by atoms with E-state index in [9.17, 15) is 0 Å². The standard InChI is InChI=1S/C14H19BINO.U/c1-9(2)14(3,4)18-15-12-8-11(16)7-10-5-6-17-13(10)12;/h5-7,11,17H,8H2,1-4H3;/q-1;. The third kappa shape index (κ3) is 4.39. The second-order valence-corrected chi connectivity index (χ2v) is 7.07. The van der Waals surface area contributed by atoms with Gasteiger partial charge in [0.1, 0.15) is 0 Å². The van der Waals surface area contributed by atoms with Crippen molar-refractivity contribution in [2.75, 3.05) is 0 Å². The van der Waals surface area contributed by atoms with Crippen LogP contribution in [0.4, 0.5) is 0 Å². The molecule has 1 aromatic heterocycles. The van der Waals surface area contributed by atoms with Gasteiger partial charge in [-0.2, -0.15) is 13.8 Å².